The topological polar surface area (TPSA) is 62.7 Å². The summed E-state index contributed by atoms with van der Waals surface area (Å²) >= 11 is 0. The van der Waals surface area contributed by atoms with E-state index in [9.17, 15) is 9.59 Å². The fraction of sp³-hybridized carbons (Fsp3) is 0.500. The molecule has 1 saturated heterocycles. The van der Waals surface area contributed by atoms with E-state index in [4.69, 9.17) is 4.74 Å². The van der Waals surface area contributed by atoms with Gasteiger partial charge in [0.2, 0.25) is 5.91 Å². The Morgan fingerprint density at radius 1 is 1.12 bits per heavy atom. The molecular weight excluding hydrogens is 402 g/mol. The van der Waals surface area contributed by atoms with E-state index in [0.717, 1.165) is 37.7 Å². The Labute approximate surface area is 191 Å². The Morgan fingerprint density at radius 3 is 2.59 bits per heavy atom. The first kappa shape index (κ1) is 23.9. The van der Waals surface area contributed by atoms with Gasteiger partial charge in [-0.2, -0.15) is 0 Å². The molecule has 6 heteroatoms. The lowest BCUT2D eigenvalue weighted by Gasteiger charge is -2.41. The van der Waals surface area contributed by atoms with Gasteiger partial charge in [-0.05, 0) is 69.3 Å². The highest BCUT2D eigenvalue weighted by atomic mass is 16.5. The molecule has 172 valence electrons. The minimum absolute atomic E-state index is 0.0676. The molecule has 0 saturated carbocycles. The third kappa shape index (κ3) is 6.63. The first-order valence-corrected chi connectivity index (χ1v) is 11.6. The summed E-state index contributed by atoms with van der Waals surface area (Å²) in [6.45, 7) is 4.36. The maximum Gasteiger partial charge on any atom is 0.313 e. The highest BCUT2D eigenvalue weighted by Crippen LogP contribution is 2.37. The number of amides is 1. The van der Waals surface area contributed by atoms with Crippen LogP contribution in [0.2, 0.25) is 0 Å². The summed E-state index contributed by atoms with van der Waals surface area (Å²) in [7, 11) is 1.95. The zero-order valence-corrected chi connectivity index (χ0v) is 19.3. The Kier molecular flexibility index (Phi) is 8.80. The number of hydrogen-bond acceptors (Lipinski definition) is 5. The number of hydrogen-bond donors (Lipinski definition) is 0. The van der Waals surface area contributed by atoms with Crippen molar-refractivity contribution in [2.45, 2.75) is 45.6 Å². The van der Waals surface area contributed by atoms with Crippen LogP contribution in [0.25, 0.3) is 0 Å². The maximum absolute atomic E-state index is 13.1. The van der Waals surface area contributed by atoms with Crippen LogP contribution in [0.3, 0.4) is 0 Å². The van der Waals surface area contributed by atoms with Gasteiger partial charge in [-0.15, -0.1) is 0 Å². The van der Waals surface area contributed by atoms with Crippen LogP contribution in [0.4, 0.5) is 0 Å². The SMILES string of the molecule is CCOC(=O)C1(CCCc2ccccc2)CCCN(C(=O)CN(C)Cc2ccncc2)C1. The van der Waals surface area contributed by atoms with E-state index < -0.39 is 5.41 Å². The molecule has 1 aliphatic heterocycles. The number of carbonyl (C=O) groups is 2. The van der Waals surface area contributed by atoms with Gasteiger partial charge in [0.1, 0.15) is 0 Å². The molecule has 1 atom stereocenters. The molecule has 3 rings (SSSR count). The van der Waals surface area contributed by atoms with Crippen molar-refractivity contribution < 1.29 is 14.3 Å². The van der Waals surface area contributed by atoms with Gasteiger partial charge < -0.3 is 9.64 Å². The van der Waals surface area contributed by atoms with Crippen LogP contribution in [0.15, 0.2) is 54.9 Å². The molecule has 0 N–H and O–H groups in total. The van der Waals surface area contributed by atoms with Crippen molar-refractivity contribution >= 4 is 11.9 Å². The molecule has 2 heterocycles. The Bertz CT molecular complexity index is 859. The Balaban J connectivity index is 1.61. The zero-order valence-electron chi connectivity index (χ0n) is 19.3. The molecule has 1 unspecified atom stereocenters. The Hall–Kier alpha value is -2.73. The van der Waals surface area contributed by atoms with Gasteiger partial charge >= 0.3 is 5.97 Å². The largest absolute Gasteiger partial charge is 0.466 e. The third-order valence-electron chi connectivity index (χ3n) is 6.21. The summed E-state index contributed by atoms with van der Waals surface area (Å²) < 4.78 is 5.48. The molecule has 6 nitrogen and oxygen atoms in total. The minimum Gasteiger partial charge on any atom is -0.466 e. The molecule has 1 aromatic heterocycles. The normalized spacial score (nSPS) is 18.5. The number of rotatable bonds is 10. The average molecular weight is 438 g/mol. The molecule has 2 aromatic rings. The molecule has 1 fully saturated rings. The number of aryl methyl sites for hydroxylation is 1. The summed E-state index contributed by atoms with van der Waals surface area (Å²) in [5.74, 6) is -0.0892. The summed E-state index contributed by atoms with van der Waals surface area (Å²) in [4.78, 5) is 34.0. The van der Waals surface area contributed by atoms with Crippen molar-refractivity contribution in [3.63, 3.8) is 0 Å². The lowest BCUT2D eigenvalue weighted by atomic mass is 9.75. The number of carbonyl (C=O) groups excluding carboxylic acids is 2. The predicted molar refractivity (Wildman–Crippen MR) is 125 cm³/mol. The minimum atomic E-state index is -0.609. The number of benzene rings is 1. The van der Waals surface area contributed by atoms with Gasteiger partial charge in [0.05, 0.1) is 18.6 Å². The standard InChI is InChI=1S/C26H35N3O3/c1-3-32-25(31)26(14-7-11-22-9-5-4-6-10-22)15-8-18-29(21-26)24(30)20-28(2)19-23-12-16-27-17-13-23/h4-6,9-10,12-13,16-17H,3,7-8,11,14-15,18-21H2,1-2H3. The average Bonchev–Trinajstić information content (AvgIpc) is 2.80. The molecule has 0 spiro atoms. The van der Waals surface area contributed by atoms with Crippen LogP contribution < -0.4 is 0 Å². The van der Waals surface area contributed by atoms with Gasteiger partial charge in [0, 0.05) is 32.0 Å². The first-order chi connectivity index (χ1) is 15.5. The fourth-order valence-electron chi connectivity index (χ4n) is 4.56. The van der Waals surface area contributed by atoms with Crippen molar-refractivity contribution in [3.05, 3.63) is 66.0 Å². The van der Waals surface area contributed by atoms with E-state index >= 15 is 0 Å². The monoisotopic (exact) mass is 437 g/mol. The number of likely N-dealkylation sites (tertiary alicyclic amines) is 1. The van der Waals surface area contributed by atoms with E-state index in [1.807, 2.05) is 54.1 Å². The quantitative estimate of drug-likeness (QED) is 0.530. The highest BCUT2D eigenvalue weighted by Gasteiger charge is 2.44. The van der Waals surface area contributed by atoms with Crippen LogP contribution in [-0.2, 0) is 27.3 Å². The fourth-order valence-corrected chi connectivity index (χ4v) is 4.56. The number of likely N-dealkylation sites (N-methyl/N-ethyl adjacent to an activating group) is 1. The first-order valence-electron chi connectivity index (χ1n) is 11.6. The molecule has 1 aliphatic rings. The van der Waals surface area contributed by atoms with Crippen LogP contribution >= 0.6 is 0 Å². The van der Waals surface area contributed by atoms with E-state index in [1.165, 1.54) is 5.56 Å². The summed E-state index contributed by atoms with van der Waals surface area (Å²) in [5.41, 5.74) is 1.78. The lowest BCUT2D eigenvalue weighted by molar-refractivity contribution is -0.161. The third-order valence-corrected chi connectivity index (χ3v) is 6.21. The number of ether oxygens (including phenoxy) is 1. The van der Waals surface area contributed by atoms with Gasteiger partial charge in [0.25, 0.3) is 0 Å². The van der Waals surface area contributed by atoms with E-state index in [2.05, 4.69) is 17.1 Å². The molecule has 1 amide bonds. The predicted octanol–water partition coefficient (Wildman–Crippen LogP) is 3.71. The molecular formula is C26H35N3O3. The van der Waals surface area contributed by atoms with Crippen molar-refractivity contribution in [2.75, 3.05) is 33.3 Å². The van der Waals surface area contributed by atoms with Crippen molar-refractivity contribution in [2.24, 2.45) is 5.41 Å². The zero-order chi connectivity index (χ0) is 22.8. The molecule has 0 radical (unpaired) electrons. The number of esters is 1. The summed E-state index contributed by atoms with van der Waals surface area (Å²) in [6.07, 6.45) is 7.67. The Morgan fingerprint density at radius 2 is 1.88 bits per heavy atom. The summed E-state index contributed by atoms with van der Waals surface area (Å²) in [6, 6.07) is 14.2. The summed E-state index contributed by atoms with van der Waals surface area (Å²) in [5, 5.41) is 0. The lowest BCUT2D eigenvalue weighted by Crippen LogP contribution is -2.52. The van der Waals surface area contributed by atoms with Crippen LogP contribution in [0.5, 0.6) is 0 Å². The van der Waals surface area contributed by atoms with Crippen LogP contribution in [0, 0.1) is 5.41 Å². The van der Waals surface area contributed by atoms with Gasteiger partial charge in [-0.3, -0.25) is 19.5 Å². The van der Waals surface area contributed by atoms with Crippen molar-refractivity contribution in [1.82, 2.24) is 14.8 Å². The number of nitrogens with zero attached hydrogens (tertiary/aromatic N) is 3. The maximum atomic E-state index is 13.1. The van der Waals surface area contributed by atoms with Crippen LogP contribution in [-0.4, -0.2) is 59.9 Å². The highest BCUT2D eigenvalue weighted by molar-refractivity contribution is 5.81. The number of piperidine rings is 1. The second-order valence-electron chi connectivity index (χ2n) is 8.79. The second-order valence-corrected chi connectivity index (χ2v) is 8.79. The number of pyridine rings is 1. The molecule has 1 aromatic carbocycles. The smallest absolute Gasteiger partial charge is 0.313 e. The van der Waals surface area contributed by atoms with E-state index in [1.54, 1.807) is 12.4 Å². The molecule has 32 heavy (non-hydrogen) atoms. The van der Waals surface area contributed by atoms with Crippen molar-refractivity contribution in [1.29, 1.82) is 0 Å². The van der Waals surface area contributed by atoms with Gasteiger partial charge in [0.15, 0.2) is 0 Å². The van der Waals surface area contributed by atoms with Gasteiger partial charge in [-0.25, -0.2) is 0 Å². The van der Waals surface area contributed by atoms with E-state index in [0.29, 0.717) is 32.8 Å². The van der Waals surface area contributed by atoms with Crippen molar-refractivity contribution in [3.8, 4) is 0 Å². The molecule has 0 aliphatic carbocycles. The van der Waals surface area contributed by atoms with Crippen LogP contribution in [0.1, 0.15) is 43.7 Å². The molecule has 0 bridgehead atoms. The second kappa shape index (κ2) is 11.8. The van der Waals surface area contributed by atoms with Gasteiger partial charge in [-0.1, -0.05) is 30.3 Å². The van der Waals surface area contributed by atoms with E-state index in [-0.39, 0.29) is 11.9 Å². The number of aromatic nitrogens is 1.